The SMILES string of the molecule is O=C(Nc1cc(F)ccc1F)[C@H](CSCc1ccccc1)N1Cc2ccccc2C1=O. The molecule has 0 spiro atoms. The minimum atomic E-state index is -0.837. The van der Waals surface area contributed by atoms with E-state index in [1.165, 1.54) is 16.7 Å². The Morgan fingerprint density at radius 2 is 1.77 bits per heavy atom. The molecular weight excluding hydrogens is 418 g/mol. The number of nitrogens with zero attached hydrogens (tertiary/aromatic N) is 1. The molecular formula is C24H20F2N2O2S. The average molecular weight is 438 g/mol. The number of carbonyl (C=O) groups excluding carboxylic acids is 2. The van der Waals surface area contributed by atoms with Gasteiger partial charge in [-0.3, -0.25) is 9.59 Å². The summed E-state index contributed by atoms with van der Waals surface area (Å²) in [5.41, 5.74) is 2.26. The van der Waals surface area contributed by atoms with E-state index in [9.17, 15) is 18.4 Å². The van der Waals surface area contributed by atoms with Crippen LogP contribution < -0.4 is 5.32 Å². The molecule has 3 aromatic carbocycles. The fraction of sp³-hybridized carbons (Fsp3) is 0.167. The Morgan fingerprint density at radius 3 is 2.55 bits per heavy atom. The van der Waals surface area contributed by atoms with Gasteiger partial charge in [0.25, 0.3) is 5.91 Å². The lowest BCUT2D eigenvalue weighted by Gasteiger charge is -2.27. The molecule has 1 N–H and O–H groups in total. The maximum Gasteiger partial charge on any atom is 0.255 e. The topological polar surface area (TPSA) is 49.4 Å². The molecule has 0 radical (unpaired) electrons. The Kier molecular flexibility index (Phi) is 6.32. The van der Waals surface area contributed by atoms with Crippen LogP contribution in [0, 0.1) is 11.6 Å². The molecule has 0 saturated carbocycles. The van der Waals surface area contributed by atoms with Gasteiger partial charge in [0.05, 0.1) is 5.69 Å². The molecule has 3 aromatic rings. The maximum absolute atomic E-state index is 14.1. The summed E-state index contributed by atoms with van der Waals surface area (Å²) in [5.74, 6) is -1.20. The van der Waals surface area contributed by atoms with Crippen molar-refractivity contribution in [3.8, 4) is 0 Å². The second kappa shape index (κ2) is 9.31. The van der Waals surface area contributed by atoms with Crippen LogP contribution in [0.4, 0.5) is 14.5 Å². The minimum absolute atomic E-state index is 0.240. The van der Waals surface area contributed by atoms with Crippen LogP contribution in [0.3, 0.4) is 0 Å². The summed E-state index contributed by atoms with van der Waals surface area (Å²) in [4.78, 5) is 27.5. The molecule has 7 heteroatoms. The first-order chi connectivity index (χ1) is 15.0. The third kappa shape index (κ3) is 4.77. The van der Waals surface area contributed by atoms with E-state index in [1.807, 2.05) is 42.5 Å². The highest BCUT2D eigenvalue weighted by molar-refractivity contribution is 7.98. The fourth-order valence-corrected chi connectivity index (χ4v) is 4.61. The minimum Gasteiger partial charge on any atom is -0.322 e. The number of carbonyl (C=O) groups is 2. The standard InChI is InChI=1S/C24H20F2N2O2S/c25-18-10-11-20(26)21(12-18)27-23(29)22(15-31-14-16-6-2-1-3-7-16)28-13-17-8-4-5-9-19(17)24(28)30/h1-12,22H,13-15H2,(H,27,29)/t22-/m0/s1. The summed E-state index contributed by atoms with van der Waals surface area (Å²) < 4.78 is 27.6. The largest absolute Gasteiger partial charge is 0.322 e. The third-order valence-corrected chi connectivity index (χ3v) is 6.19. The van der Waals surface area contributed by atoms with Crippen LogP contribution in [0.15, 0.2) is 72.8 Å². The summed E-state index contributed by atoms with van der Waals surface area (Å²) in [7, 11) is 0. The molecule has 4 rings (SSSR count). The summed E-state index contributed by atoms with van der Waals surface area (Å²) in [6.45, 7) is 0.296. The van der Waals surface area contributed by atoms with E-state index in [0.29, 0.717) is 23.6 Å². The lowest BCUT2D eigenvalue weighted by Crippen LogP contribution is -2.46. The van der Waals surface area contributed by atoms with Gasteiger partial charge in [-0.2, -0.15) is 11.8 Å². The van der Waals surface area contributed by atoms with Gasteiger partial charge >= 0.3 is 0 Å². The molecule has 2 amide bonds. The fourth-order valence-electron chi connectivity index (χ4n) is 3.51. The summed E-state index contributed by atoms with van der Waals surface area (Å²) in [6, 6.07) is 19.0. The number of thioether (sulfide) groups is 1. The third-order valence-electron chi connectivity index (χ3n) is 5.10. The van der Waals surface area contributed by atoms with Gasteiger partial charge in [0.1, 0.15) is 17.7 Å². The highest BCUT2D eigenvalue weighted by atomic mass is 32.2. The lowest BCUT2D eigenvalue weighted by molar-refractivity contribution is -0.119. The Bertz CT molecular complexity index is 1110. The van der Waals surface area contributed by atoms with Crippen molar-refractivity contribution in [2.45, 2.75) is 18.3 Å². The zero-order chi connectivity index (χ0) is 21.8. The summed E-state index contributed by atoms with van der Waals surface area (Å²) >= 11 is 1.51. The van der Waals surface area contributed by atoms with Gasteiger partial charge in [0, 0.05) is 29.7 Å². The van der Waals surface area contributed by atoms with E-state index < -0.39 is 23.6 Å². The molecule has 158 valence electrons. The van der Waals surface area contributed by atoms with Crippen LogP contribution in [0.25, 0.3) is 0 Å². The quantitative estimate of drug-likeness (QED) is 0.573. The molecule has 0 fully saturated rings. The smallest absolute Gasteiger partial charge is 0.255 e. The molecule has 4 nitrogen and oxygen atoms in total. The zero-order valence-corrected chi connectivity index (χ0v) is 17.4. The van der Waals surface area contributed by atoms with Crippen molar-refractivity contribution in [2.24, 2.45) is 0 Å². The number of halogens is 2. The molecule has 1 heterocycles. The van der Waals surface area contributed by atoms with Crippen molar-refractivity contribution in [3.63, 3.8) is 0 Å². The van der Waals surface area contributed by atoms with E-state index in [4.69, 9.17) is 0 Å². The van der Waals surface area contributed by atoms with Crippen molar-refractivity contribution < 1.29 is 18.4 Å². The van der Waals surface area contributed by atoms with Crippen molar-refractivity contribution in [2.75, 3.05) is 11.1 Å². The predicted molar refractivity (Wildman–Crippen MR) is 118 cm³/mol. The van der Waals surface area contributed by atoms with Crippen LogP contribution in [0.1, 0.15) is 21.5 Å². The molecule has 1 aliphatic heterocycles. The normalized spacial score (nSPS) is 13.7. The van der Waals surface area contributed by atoms with Gasteiger partial charge in [-0.15, -0.1) is 0 Å². The number of fused-ring (bicyclic) bond motifs is 1. The first-order valence-electron chi connectivity index (χ1n) is 9.79. The van der Waals surface area contributed by atoms with Crippen molar-refractivity contribution in [1.29, 1.82) is 0 Å². The van der Waals surface area contributed by atoms with Gasteiger partial charge in [-0.25, -0.2) is 8.78 Å². The molecule has 31 heavy (non-hydrogen) atoms. The number of benzene rings is 3. The number of hydrogen-bond acceptors (Lipinski definition) is 3. The molecule has 0 aliphatic carbocycles. The maximum atomic E-state index is 14.1. The first kappa shape index (κ1) is 21.1. The van der Waals surface area contributed by atoms with E-state index in [-0.39, 0.29) is 11.6 Å². The molecule has 0 unspecified atom stereocenters. The van der Waals surface area contributed by atoms with Crippen LogP contribution in [-0.2, 0) is 17.1 Å². The molecule has 1 aliphatic rings. The lowest BCUT2D eigenvalue weighted by atomic mass is 10.1. The number of rotatable bonds is 7. The van der Waals surface area contributed by atoms with Crippen LogP contribution in [0.5, 0.6) is 0 Å². The second-order valence-corrected chi connectivity index (χ2v) is 8.25. The summed E-state index contributed by atoms with van der Waals surface area (Å²) in [6.07, 6.45) is 0. The zero-order valence-electron chi connectivity index (χ0n) is 16.6. The number of hydrogen-bond donors (Lipinski definition) is 1. The first-order valence-corrected chi connectivity index (χ1v) is 10.9. The van der Waals surface area contributed by atoms with Gasteiger partial charge < -0.3 is 10.2 Å². The van der Waals surface area contributed by atoms with Crippen LogP contribution in [-0.4, -0.2) is 28.5 Å². The van der Waals surface area contributed by atoms with Crippen molar-refractivity contribution in [3.05, 3.63) is 101 Å². The Hall–Kier alpha value is -3.19. The molecule has 0 aromatic heterocycles. The van der Waals surface area contributed by atoms with E-state index >= 15 is 0 Å². The Labute approximate surface area is 183 Å². The number of amides is 2. The van der Waals surface area contributed by atoms with E-state index in [0.717, 1.165) is 29.3 Å². The molecule has 0 bridgehead atoms. The van der Waals surface area contributed by atoms with E-state index in [2.05, 4.69) is 5.32 Å². The molecule has 0 saturated heterocycles. The van der Waals surface area contributed by atoms with Crippen LogP contribution >= 0.6 is 11.8 Å². The number of anilines is 1. The highest BCUT2D eigenvalue weighted by Gasteiger charge is 2.36. The number of nitrogens with one attached hydrogen (secondary N) is 1. The van der Waals surface area contributed by atoms with Crippen LogP contribution in [0.2, 0.25) is 0 Å². The Balaban J connectivity index is 1.54. The monoisotopic (exact) mass is 438 g/mol. The van der Waals surface area contributed by atoms with Gasteiger partial charge in [-0.05, 0) is 29.3 Å². The van der Waals surface area contributed by atoms with Gasteiger partial charge in [-0.1, -0.05) is 48.5 Å². The van der Waals surface area contributed by atoms with Crippen molar-refractivity contribution >= 4 is 29.3 Å². The van der Waals surface area contributed by atoms with Gasteiger partial charge in [0.15, 0.2) is 0 Å². The van der Waals surface area contributed by atoms with E-state index in [1.54, 1.807) is 12.1 Å². The van der Waals surface area contributed by atoms with Crippen molar-refractivity contribution in [1.82, 2.24) is 4.90 Å². The average Bonchev–Trinajstić information content (AvgIpc) is 3.11. The predicted octanol–water partition coefficient (Wildman–Crippen LogP) is 4.86. The Morgan fingerprint density at radius 1 is 1.03 bits per heavy atom. The second-order valence-electron chi connectivity index (χ2n) is 7.22. The molecule has 1 atom stereocenters. The van der Waals surface area contributed by atoms with Gasteiger partial charge in [0.2, 0.25) is 5.91 Å². The summed E-state index contributed by atoms with van der Waals surface area (Å²) in [5, 5.41) is 2.46. The highest BCUT2D eigenvalue weighted by Crippen LogP contribution is 2.27.